The van der Waals surface area contributed by atoms with Crippen molar-refractivity contribution in [3.8, 4) is 23.0 Å². The summed E-state index contributed by atoms with van der Waals surface area (Å²) in [5.41, 5.74) is 4.21. The van der Waals surface area contributed by atoms with Gasteiger partial charge in [-0.3, -0.25) is 0 Å². The van der Waals surface area contributed by atoms with E-state index < -0.39 is 0 Å². The Morgan fingerprint density at radius 2 is 1.83 bits per heavy atom. The molecule has 0 spiro atoms. The molecule has 0 amide bonds. The molecule has 5 aromatic rings. The number of para-hydroxylation sites is 2. The first-order valence-corrected chi connectivity index (χ1v) is 11.5. The summed E-state index contributed by atoms with van der Waals surface area (Å²) in [4.78, 5) is 19.0. The molecule has 1 unspecified atom stereocenters. The fourth-order valence-electron chi connectivity index (χ4n) is 4.12. The Kier molecular flexibility index (Phi) is 4.61. The molecule has 0 saturated carbocycles. The van der Waals surface area contributed by atoms with E-state index in [2.05, 4.69) is 38.9 Å². The maximum atomic E-state index is 13.0. The molecule has 0 aliphatic heterocycles. The summed E-state index contributed by atoms with van der Waals surface area (Å²) in [5, 5.41) is 12.9. The number of imidazole rings is 1. The maximum absolute atomic E-state index is 13.0. The van der Waals surface area contributed by atoms with Gasteiger partial charge in [0.25, 0.3) is 0 Å². The summed E-state index contributed by atoms with van der Waals surface area (Å²) in [6, 6.07) is 18.2. The van der Waals surface area contributed by atoms with Crippen molar-refractivity contribution < 1.29 is 0 Å². The SMILES string of the molecule is N#Cc1[nH]c(=O)n(-c2c[nH]c3ccccc23)c1-c1cn(CCC[AsH2])c2ccccc12. The number of aromatic amines is 2. The third-order valence-electron chi connectivity index (χ3n) is 5.46. The van der Waals surface area contributed by atoms with Gasteiger partial charge in [-0.15, -0.1) is 0 Å². The van der Waals surface area contributed by atoms with Gasteiger partial charge in [-0.1, -0.05) is 6.07 Å². The minimum atomic E-state index is -0.320. The number of nitrogens with one attached hydrogen (secondary N) is 2. The average Bonchev–Trinajstić information content (AvgIpc) is 3.45. The van der Waals surface area contributed by atoms with Crippen molar-refractivity contribution in [2.75, 3.05) is 0 Å². The topological polar surface area (TPSA) is 82.3 Å². The van der Waals surface area contributed by atoms with Gasteiger partial charge in [-0.25, -0.2) is 0 Å². The van der Waals surface area contributed by atoms with E-state index in [1.807, 2.05) is 42.6 Å². The zero-order valence-electron chi connectivity index (χ0n) is 16.2. The zero-order valence-corrected chi connectivity index (χ0v) is 18.6. The average molecular weight is 457 g/mol. The molecule has 6 nitrogen and oxygen atoms in total. The summed E-state index contributed by atoms with van der Waals surface area (Å²) in [7, 11) is 0. The molecule has 3 heterocycles. The molecule has 1 atom stereocenters. The van der Waals surface area contributed by atoms with Crippen molar-refractivity contribution in [3.05, 3.63) is 77.1 Å². The van der Waals surface area contributed by atoms with E-state index in [9.17, 15) is 10.1 Å². The summed E-state index contributed by atoms with van der Waals surface area (Å²) >= 11 is 1.72. The molecule has 5 rings (SSSR count). The third-order valence-corrected chi connectivity index (χ3v) is 6.32. The van der Waals surface area contributed by atoms with Crippen LogP contribution in [-0.4, -0.2) is 36.0 Å². The second-order valence-electron chi connectivity index (χ2n) is 7.22. The Labute approximate surface area is 181 Å². The Bertz CT molecular complexity index is 1480. The van der Waals surface area contributed by atoms with Crippen LogP contribution in [0.15, 0.2) is 65.7 Å². The van der Waals surface area contributed by atoms with Crippen LogP contribution in [0.2, 0.25) is 5.21 Å². The van der Waals surface area contributed by atoms with Crippen molar-refractivity contribution in [1.29, 1.82) is 5.26 Å². The number of aryl methyl sites for hydroxylation is 1. The Morgan fingerprint density at radius 1 is 1.07 bits per heavy atom. The molecular formula is C23H20AsN5O. The molecule has 3 aromatic heterocycles. The van der Waals surface area contributed by atoms with Gasteiger partial charge >= 0.3 is 175 Å². The quantitative estimate of drug-likeness (QED) is 0.396. The van der Waals surface area contributed by atoms with Gasteiger partial charge in [-0.05, 0) is 0 Å². The van der Waals surface area contributed by atoms with Crippen LogP contribution in [0.1, 0.15) is 12.1 Å². The molecular weight excluding hydrogens is 437 g/mol. The van der Waals surface area contributed by atoms with Crippen LogP contribution in [0.5, 0.6) is 0 Å². The Balaban J connectivity index is 1.83. The van der Waals surface area contributed by atoms with Crippen LogP contribution >= 0.6 is 0 Å². The Morgan fingerprint density at radius 3 is 2.63 bits per heavy atom. The molecule has 0 aliphatic rings. The van der Waals surface area contributed by atoms with E-state index in [-0.39, 0.29) is 11.4 Å². The van der Waals surface area contributed by atoms with Crippen LogP contribution in [0.4, 0.5) is 0 Å². The second-order valence-corrected chi connectivity index (χ2v) is 8.43. The summed E-state index contributed by atoms with van der Waals surface area (Å²) in [6.07, 6.45) is 4.98. The molecule has 0 saturated heterocycles. The second kappa shape index (κ2) is 7.44. The number of hydrogen-bond acceptors (Lipinski definition) is 2. The number of nitriles is 1. The van der Waals surface area contributed by atoms with E-state index in [4.69, 9.17) is 0 Å². The van der Waals surface area contributed by atoms with Crippen LogP contribution in [0.25, 0.3) is 38.8 Å². The van der Waals surface area contributed by atoms with Crippen molar-refractivity contribution in [2.45, 2.75) is 18.2 Å². The third kappa shape index (κ3) is 2.82. The van der Waals surface area contributed by atoms with Gasteiger partial charge < -0.3 is 0 Å². The van der Waals surface area contributed by atoms with E-state index in [1.165, 1.54) is 0 Å². The van der Waals surface area contributed by atoms with Crippen LogP contribution in [-0.2, 0) is 6.54 Å². The first kappa shape index (κ1) is 18.6. The normalized spacial score (nSPS) is 11.3. The van der Waals surface area contributed by atoms with E-state index in [1.54, 1.807) is 21.4 Å². The van der Waals surface area contributed by atoms with Gasteiger partial charge in [0, 0.05) is 0 Å². The standard InChI is InChI=1S/C23H20AsN5O/c24-10-5-11-28-14-17(15-6-2-4-9-20(15)28)22-19(12-25)27-23(30)29(22)21-13-26-18-8-3-1-7-16(18)21/h1-4,6-9,13-14,26H,5,10-11,24H2,(H,27,30). The summed E-state index contributed by atoms with van der Waals surface area (Å²) in [5.74, 6) is 0. The van der Waals surface area contributed by atoms with Crippen molar-refractivity contribution >= 4 is 38.7 Å². The summed E-state index contributed by atoms with van der Waals surface area (Å²) < 4.78 is 3.84. The molecule has 0 aliphatic carbocycles. The zero-order chi connectivity index (χ0) is 20.7. The Hall–Kier alpha value is -3.42. The fourth-order valence-corrected chi connectivity index (χ4v) is 4.51. The molecule has 2 N–H and O–H groups in total. The molecule has 148 valence electrons. The van der Waals surface area contributed by atoms with E-state index in [0.717, 1.165) is 51.2 Å². The molecule has 0 bridgehead atoms. The molecule has 0 fully saturated rings. The van der Waals surface area contributed by atoms with Crippen molar-refractivity contribution in [1.82, 2.24) is 19.1 Å². The fraction of sp³-hybridized carbons (Fsp3) is 0.130. The first-order chi connectivity index (χ1) is 14.7. The van der Waals surface area contributed by atoms with Crippen molar-refractivity contribution in [2.24, 2.45) is 0 Å². The molecule has 7 heteroatoms. The number of nitrogens with zero attached hydrogens (tertiary/aromatic N) is 3. The van der Waals surface area contributed by atoms with Crippen LogP contribution < -0.4 is 5.69 Å². The van der Waals surface area contributed by atoms with E-state index in [0.29, 0.717) is 5.69 Å². The summed E-state index contributed by atoms with van der Waals surface area (Å²) in [6.45, 7) is 0.905. The number of benzene rings is 2. The number of aromatic nitrogens is 4. The predicted octanol–water partition coefficient (Wildman–Crippen LogP) is 3.58. The van der Waals surface area contributed by atoms with Gasteiger partial charge in [0.2, 0.25) is 0 Å². The van der Waals surface area contributed by atoms with E-state index >= 15 is 0 Å². The van der Waals surface area contributed by atoms with Gasteiger partial charge in [0.1, 0.15) is 0 Å². The van der Waals surface area contributed by atoms with Crippen LogP contribution in [0, 0.1) is 11.3 Å². The van der Waals surface area contributed by atoms with Crippen molar-refractivity contribution in [3.63, 3.8) is 0 Å². The minimum absolute atomic E-state index is 0.270. The monoisotopic (exact) mass is 457 g/mol. The number of fused-ring (bicyclic) bond motifs is 2. The van der Waals surface area contributed by atoms with Gasteiger partial charge in [0.15, 0.2) is 0 Å². The number of rotatable bonds is 5. The first-order valence-electron chi connectivity index (χ1n) is 9.83. The van der Waals surface area contributed by atoms with Gasteiger partial charge in [-0.2, -0.15) is 0 Å². The van der Waals surface area contributed by atoms with Crippen LogP contribution in [0.3, 0.4) is 0 Å². The molecule has 30 heavy (non-hydrogen) atoms. The number of hydrogen-bond donors (Lipinski definition) is 2. The number of H-pyrrole nitrogens is 2. The predicted molar refractivity (Wildman–Crippen MR) is 122 cm³/mol. The molecule has 0 radical (unpaired) electrons. The van der Waals surface area contributed by atoms with Gasteiger partial charge in [0.05, 0.1) is 0 Å². The molecule has 2 aromatic carbocycles.